The lowest BCUT2D eigenvalue weighted by Crippen LogP contribution is -2.24. The topological polar surface area (TPSA) is 49.9 Å². The summed E-state index contributed by atoms with van der Waals surface area (Å²) in [6, 6.07) is 19.9. The third kappa shape index (κ3) is 3.36. The molecule has 5 nitrogen and oxygen atoms in total. The molecule has 156 valence electrons. The lowest BCUT2D eigenvalue weighted by Gasteiger charge is -2.19. The van der Waals surface area contributed by atoms with Gasteiger partial charge in [0, 0.05) is 37.3 Å². The van der Waals surface area contributed by atoms with Gasteiger partial charge < -0.3 is 14.5 Å². The molecule has 0 saturated carbocycles. The Morgan fingerprint density at radius 1 is 0.806 bits per heavy atom. The van der Waals surface area contributed by atoms with E-state index < -0.39 is 0 Å². The Morgan fingerprint density at radius 3 is 2.19 bits per heavy atom. The zero-order chi connectivity index (χ0) is 21.5. The van der Waals surface area contributed by atoms with E-state index in [2.05, 4.69) is 6.07 Å². The van der Waals surface area contributed by atoms with Crippen molar-refractivity contribution in [2.75, 3.05) is 7.11 Å². The van der Waals surface area contributed by atoms with Crippen LogP contribution in [0.5, 0.6) is 5.75 Å². The number of benzene rings is 3. The van der Waals surface area contributed by atoms with E-state index in [1.807, 2.05) is 71.3 Å². The fraction of sp³-hybridized carbons (Fsp3) is 0.231. The number of methoxy groups -OCH3 is 1. The molecule has 0 fully saturated rings. The van der Waals surface area contributed by atoms with Gasteiger partial charge in [-0.3, -0.25) is 9.59 Å². The van der Waals surface area contributed by atoms with Crippen LogP contribution in [0.2, 0.25) is 0 Å². The van der Waals surface area contributed by atoms with E-state index in [9.17, 15) is 9.59 Å². The molecule has 31 heavy (non-hydrogen) atoms. The first-order chi connectivity index (χ1) is 15.0. The quantitative estimate of drug-likeness (QED) is 0.627. The first-order valence-electron chi connectivity index (χ1n) is 10.5. The number of amides is 2. The molecular formula is C26H24N2O3. The molecule has 5 heteroatoms. The molecule has 0 saturated heterocycles. The van der Waals surface area contributed by atoms with Gasteiger partial charge in [0.25, 0.3) is 11.8 Å². The molecule has 3 aromatic rings. The van der Waals surface area contributed by atoms with Crippen molar-refractivity contribution in [3.8, 4) is 5.75 Å². The highest BCUT2D eigenvalue weighted by Crippen LogP contribution is 2.32. The van der Waals surface area contributed by atoms with E-state index in [1.54, 1.807) is 7.11 Å². The number of hydrogen-bond acceptors (Lipinski definition) is 3. The number of rotatable bonds is 5. The fourth-order valence-electron chi connectivity index (χ4n) is 4.67. The summed E-state index contributed by atoms with van der Waals surface area (Å²) in [6.45, 7) is 4.28. The van der Waals surface area contributed by atoms with Crippen LogP contribution < -0.4 is 4.74 Å². The maximum absolute atomic E-state index is 13.0. The zero-order valence-electron chi connectivity index (χ0n) is 17.7. The van der Waals surface area contributed by atoms with Crippen LogP contribution in [-0.4, -0.2) is 28.7 Å². The van der Waals surface area contributed by atoms with E-state index in [0.717, 1.165) is 44.7 Å². The fourth-order valence-corrected chi connectivity index (χ4v) is 4.67. The second-order valence-electron chi connectivity index (χ2n) is 8.23. The van der Waals surface area contributed by atoms with Crippen LogP contribution in [0.25, 0.3) is 0 Å². The minimum absolute atomic E-state index is 0.0435. The van der Waals surface area contributed by atoms with E-state index in [-0.39, 0.29) is 11.8 Å². The molecule has 0 aromatic heterocycles. The van der Waals surface area contributed by atoms with Crippen molar-refractivity contribution < 1.29 is 14.3 Å². The third-order valence-electron chi connectivity index (χ3n) is 6.22. The Balaban J connectivity index is 1.31. The van der Waals surface area contributed by atoms with Crippen molar-refractivity contribution in [3.63, 3.8) is 0 Å². The summed E-state index contributed by atoms with van der Waals surface area (Å²) in [6.07, 6.45) is 0. The lowest BCUT2D eigenvalue weighted by atomic mass is 10.0. The van der Waals surface area contributed by atoms with Gasteiger partial charge in [-0.25, -0.2) is 0 Å². The minimum atomic E-state index is 0.0435. The first kappa shape index (κ1) is 19.4. The van der Waals surface area contributed by atoms with E-state index in [4.69, 9.17) is 4.74 Å². The van der Waals surface area contributed by atoms with Gasteiger partial charge in [0.1, 0.15) is 5.75 Å². The summed E-state index contributed by atoms with van der Waals surface area (Å²) in [7, 11) is 1.63. The standard InChI is InChI=1S/C26H24N2O3/c1-17-23(31-2)11-10-21-16-28(26(30)24(17)21)14-19-7-5-6-18(12-19)13-27-15-20-8-3-4-9-22(20)25(27)29/h3-12H,13-16H2,1-2H3. The van der Waals surface area contributed by atoms with Gasteiger partial charge in [-0.15, -0.1) is 0 Å². The van der Waals surface area contributed by atoms with Crippen molar-refractivity contribution >= 4 is 11.8 Å². The van der Waals surface area contributed by atoms with Crippen LogP contribution in [0.1, 0.15) is 48.5 Å². The number of ether oxygens (including phenoxy) is 1. The van der Waals surface area contributed by atoms with Crippen molar-refractivity contribution in [3.05, 3.63) is 99.6 Å². The second kappa shape index (κ2) is 7.58. The Hall–Kier alpha value is -3.60. The predicted molar refractivity (Wildman–Crippen MR) is 118 cm³/mol. The van der Waals surface area contributed by atoms with Crippen LogP contribution in [0, 0.1) is 6.92 Å². The maximum Gasteiger partial charge on any atom is 0.255 e. The molecule has 2 amide bonds. The van der Waals surface area contributed by atoms with E-state index in [0.29, 0.717) is 26.2 Å². The normalized spacial score (nSPS) is 14.8. The average Bonchev–Trinajstić information content (AvgIpc) is 3.26. The zero-order valence-corrected chi connectivity index (χ0v) is 17.7. The van der Waals surface area contributed by atoms with Crippen molar-refractivity contribution in [2.45, 2.75) is 33.1 Å². The highest BCUT2D eigenvalue weighted by Gasteiger charge is 2.30. The number of carbonyl (C=O) groups is 2. The Morgan fingerprint density at radius 2 is 1.48 bits per heavy atom. The molecule has 0 N–H and O–H groups in total. The molecule has 2 aliphatic heterocycles. The SMILES string of the molecule is COc1ccc2c(c1C)C(=O)N(Cc1cccc(CN3Cc4ccccc4C3=O)c1)C2. The molecule has 3 aromatic carbocycles. The third-order valence-corrected chi connectivity index (χ3v) is 6.22. The summed E-state index contributed by atoms with van der Waals surface area (Å²) < 4.78 is 5.38. The second-order valence-corrected chi connectivity index (χ2v) is 8.23. The minimum Gasteiger partial charge on any atom is -0.496 e. The Labute approximate surface area is 181 Å². The predicted octanol–water partition coefficient (Wildman–Crippen LogP) is 4.32. The van der Waals surface area contributed by atoms with Crippen LogP contribution in [0.3, 0.4) is 0 Å². The summed E-state index contributed by atoms with van der Waals surface area (Å²) in [4.78, 5) is 29.5. The lowest BCUT2D eigenvalue weighted by molar-refractivity contribution is 0.0762. The maximum atomic E-state index is 13.0. The number of fused-ring (bicyclic) bond motifs is 2. The molecule has 0 spiro atoms. The summed E-state index contributed by atoms with van der Waals surface area (Å²) in [5.41, 5.74) is 6.71. The molecule has 2 aliphatic rings. The number of hydrogen-bond donors (Lipinski definition) is 0. The van der Waals surface area contributed by atoms with E-state index >= 15 is 0 Å². The first-order valence-corrected chi connectivity index (χ1v) is 10.5. The molecule has 0 aliphatic carbocycles. The Bertz CT molecular complexity index is 1200. The van der Waals surface area contributed by atoms with Crippen molar-refractivity contribution in [1.29, 1.82) is 0 Å². The summed E-state index contributed by atoms with van der Waals surface area (Å²) in [5.74, 6) is 0.866. The van der Waals surface area contributed by atoms with Crippen molar-refractivity contribution in [1.82, 2.24) is 9.80 Å². The van der Waals surface area contributed by atoms with Crippen LogP contribution in [0.15, 0.2) is 60.7 Å². The van der Waals surface area contributed by atoms with Gasteiger partial charge >= 0.3 is 0 Å². The van der Waals surface area contributed by atoms with Crippen molar-refractivity contribution in [2.24, 2.45) is 0 Å². The van der Waals surface area contributed by atoms with Crippen LogP contribution in [-0.2, 0) is 26.2 Å². The molecule has 0 radical (unpaired) electrons. The van der Waals surface area contributed by atoms with Gasteiger partial charge in [-0.2, -0.15) is 0 Å². The number of nitrogens with zero attached hydrogens (tertiary/aromatic N) is 2. The van der Waals surface area contributed by atoms with E-state index in [1.165, 1.54) is 0 Å². The highest BCUT2D eigenvalue weighted by molar-refractivity contribution is 6.00. The molecule has 2 heterocycles. The molecule has 0 atom stereocenters. The largest absolute Gasteiger partial charge is 0.496 e. The molecule has 0 bridgehead atoms. The molecule has 0 unspecified atom stereocenters. The summed E-state index contributed by atoms with van der Waals surface area (Å²) in [5, 5.41) is 0. The number of carbonyl (C=O) groups excluding carboxylic acids is 2. The smallest absolute Gasteiger partial charge is 0.255 e. The van der Waals surface area contributed by atoms with Gasteiger partial charge in [-0.1, -0.05) is 48.5 Å². The molecule has 5 rings (SSSR count). The average molecular weight is 412 g/mol. The van der Waals surface area contributed by atoms with Gasteiger partial charge in [0.2, 0.25) is 0 Å². The monoisotopic (exact) mass is 412 g/mol. The molecular weight excluding hydrogens is 388 g/mol. The Kier molecular flexibility index (Phi) is 4.74. The highest BCUT2D eigenvalue weighted by atomic mass is 16.5. The van der Waals surface area contributed by atoms with Crippen LogP contribution in [0.4, 0.5) is 0 Å². The summed E-state index contributed by atoms with van der Waals surface area (Å²) >= 11 is 0. The van der Waals surface area contributed by atoms with Gasteiger partial charge in [0.05, 0.1) is 12.7 Å². The van der Waals surface area contributed by atoms with Crippen LogP contribution >= 0.6 is 0 Å². The van der Waals surface area contributed by atoms with Gasteiger partial charge in [0.15, 0.2) is 0 Å². The van der Waals surface area contributed by atoms with Gasteiger partial charge in [-0.05, 0) is 41.3 Å².